The summed E-state index contributed by atoms with van der Waals surface area (Å²) in [7, 11) is 1.70. The zero-order valence-corrected chi connectivity index (χ0v) is 17.6. The first-order valence-corrected chi connectivity index (χ1v) is 11.1. The lowest BCUT2D eigenvalue weighted by Crippen LogP contribution is -2.42. The van der Waals surface area contributed by atoms with Gasteiger partial charge in [-0.25, -0.2) is 5.01 Å². The van der Waals surface area contributed by atoms with E-state index in [2.05, 4.69) is 5.10 Å². The average Bonchev–Trinajstić information content (AvgIpc) is 3.45. The molecule has 0 radical (unpaired) electrons. The Hall–Kier alpha value is -2.87. The van der Waals surface area contributed by atoms with Crippen LogP contribution in [0.5, 0.6) is 11.5 Å². The van der Waals surface area contributed by atoms with Crippen molar-refractivity contribution >= 4 is 28.9 Å². The Kier molecular flexibility index (Phi) is 4.94. The van der Waals surface area contributed by atoms with Gasteiger partial charge in [-0.15, -0.1) is 11.3 Å². The second kappa shape index (κ2) is 7.75. The zero-order chi connectivity index (χ0) is 20.7. The number of carbonyl (C=O) groups is 2. The number of hydrogen-bond donors (Lipinski definition) is 0. The van der Waals surface area contributed by atoms with Crippen molar-refractivity contribution in [3.05, 3.63) is 46.2 Å². The largest absolute Gasteiger partial charge is 0.454 e. The molecule has 3 aliphatic rings. The highest BCUT2D eigenvalue weighted by atomic mass is 32.1. The number of hydrogen-bond acceptors (Lipinski definition) is 6. The number of ether oxygens (including phenoxy) is 2. The molecule has 30 heavy (non-hydrogen) atoms. The maximum atomic E-state index is 13.2. The van der Waals surface area contributed by atoms with E-state index >= 15 is 0 Å². The average molecular weight is 426 g/mol. The van der Waals surface area contributed by atoms with Gasteiger partial charge in [0.05, 0.1) is 16.6 Å². The van der Waals surface area contributed by atoms with Gasteiger partial charge in [-0.3, -0.25) is 9.59 Å². The van der Waals surface area contributed by atoms with Crippen molar-refractivity contribution in [2.75, 3.05) is 20.4 Å². The maximum Gasteiger partial charge on any atom is 0.262 e. The number of likely N-dealkylation sites (N-methyl/N-ethyl adjacent to an activating group) is 1. The van der Waals surface area contributed by atoms with Crippen molar-refractivity contribution in [1.29, 1.82) is 0 Å². The number of benzene rings is 1. The fourth-order valence-corrected chi connectivity index (χ4v) is 4.75. The van der Waals surface area contributed by atoms with Gasteiger partial charge in [-0.05, 0) is 42.0 Å². The number of thiophene rings is 1. The van der Waals surface area contributed by atoms with Crippen LogP contribution in [0.4, 0.5) is 0 Å². The molecule has 0 saturated heterocycles. The summed E-state index contributed by atoms with van der Waals surface area (Å²) < 4.78 is 10.9. The molecule has 3 heterocycles. The van der Waals surface area contributed by atoms with Gasteiger partial charge in [0.1, 0.15) is 6.54 Å². The molecular weight excluding hydrogens is 402 g/mol. The van der Waals surface area contributed by atoms with Crippen LogP contribution in [0.3, 0.4) is 0 Å². The van der Waals surface area contributed by atoms with Crippen LogP contribution in [-0.4, -0.2) is 47.8 Å². The van der Waals surface area contributed by atoms with Crippen molar-refractivity contribution < 1.29 is 19.1 Å². The van der Waals surface area contributed by atoms with Crippen LogP contribution in [-0.2, 0) is 9.59 Å². The molecule has 1 aliphatic carbocycles. The quantitative estimate of drug-likeness (QED) is 0.736. The molecule has 0 bridgehead atoms. The highest BCUT2D eigenvalue weighted by Gasteiger charge is 2.36. The van der Waals surface area contributed by atoms with E-state index in [4.69, 9.17) is 9.47 Å². The van der Waals surface area contributed by atoms with Crippen LogP contribution < -0.4 is 9.47 Å². The molecule has 8 heteroatoms. The van der Waals surface area contributed by atoms with Crippen molar-refractivity contribution in [1.82, 2.24) is 9.91 Å². The normalized spacial score (nSPS) is 20.1. The van der Waals surface area contributed by atoms with E-state index < -0.39 is 0 Å². The standard InChI is InChI=1S/C22H23N3O4S/c1-24(22(27)14-4-2-5-14)12-21(26)25-17(11-16(23-25)20-6-3-9-30-20)15-7-8-18-19(10-15)29-13-28-18/h3,6-10,14,17H,2,4-5,11-13H2,1H3. The summed E-state index contributed by atoms with van der Waals surface area (Å²) in [6, 6.07) is 9.50. The molecule has 2 aromatic rings. The minimum absolute atomic E-state index is 0.0254. The predicted octanol–water partition coefficient (Wildman–Crippen LogP) is 3.41. The fourth-order valence-electron chi connectivity index (χ4n) is 4.03. The second-order valence-corrected chi connectivity index (χ2v) is 8.86. The smallest absolute Gasteiger partial charge is 0.262 e. The summed E-state index contributed by atoms with van der Waals surface area (Å²) in [4.78, 5) is 28.3. The number of nitrogens with zero attached hydrogens (tertiary/aromatic N) is 3. The molecule has 1 unspecified atom stereocenters. The van der Waals surface area contributed by atoms with E-state index in [9.17, 15) is 9.59 Å². The Bertz CT molecular complexity index is 1000. The Morgan fingerprint density at radius 3 is 2.80 bits per heavy atom. The summed E-state index contributed by atoms with van der Waals surface area (Å²) >= 11 is 1.61. The maximum absolute atomic E-state index is 13.2. The van der Waals surface area contributed by atoms with Crippen molar-refractivity contribution in [2.24, 2.45) is 11.0 Å². The van der Waals surface area contributed by atoms with Crippen LogP contribution in [0.25, 0.3) is 0 Å². The third kappa shape index (κ3) is 3.45. The third-order valence-electron chi connectivity index (χ3n) is 5.96. The zero-order valence-electron chi connectivity index (χ0n) is 16.7. The number of carbonyl (C=O) groups excluding carboxylic acids is 2. The number of rotatable bonds is 5. The lowest BCUT2D eigenvalue weighted by molar-refractivity contribution is -0.144. The first kappa shape index (κ1) is 19.1. The van der Waals surface area contributed by atoms with E-state index in [1.807, 2.05) is 35.7 Å². The van der Waals surface area contributed by atoms with Crippen molar-refractivity contribution in [3.8, 4) is 11.5 Å². The molecule has 156 valence electrons. The van der Waals surface area contributed by atoms with E-state index in [1.54, 1.807) is 23.3 Å². The Morgan fingerprint density at radius 2 is 2.07 bits per heavy atom. The van der Waals surface area contributed by atoms with Gasteiger partial charge in [0.25, 0.3) is 5.91 Å². The molecule has 1 fully saturated rings. The minimum atomic E-state index is -0.240. The molecule has 2 aliphatic heterocycles. The summed E-state index contributed by atoms with van der Waals surface area (Å²) in [6.07, 6.45) is 3.54. The molecular formula is C22H23N3O4S. The number of fused-ring (bicyclic) bond motifs is 1. The highest BCUT2D eigenvalue weighted by molar-refractivity contribution is 7.12. The Balaban J connectivity index is 1.39. The molecule has 1 aromatic heterocycles. The van der Waals surface area contributed by atoms with Crippen LogP contribution in [0.2, 0.25) is 0 Å². The Labute approximate surface area is 178 Å². The molecule has 0 N–H and O–H groups in total. The number of amides is 2. The van der Waals surface area contributed by atoms with Crippen molar-refractivity contribution in [3.63, 3.8) is 0 Å². The third-order valence-corrected chi connectivity index (χ3v) is 6.87. The molecule has 1 aromatic carbocycles. The summed E-state index contributed by atoms with van der Waals surface area (Å²) in [6.45, 7) is 0.231. The van der Waals surface area contributed by atoms with Gasteiger partial charge >= 0.3 is 0 Å². The molecule has 1 saturated carbocycles. The SMILES string of the molecule is CN(CC(=O)N1N=C(c2cccs2)CC1c1ccc2c(c1)OCO2)C(=O)C1CCC1. The summed E-state index contributed by atoms with van der Waals surface area (Å²) in [5.74, 6) is 1.33. The van der Waals surface area contributed by atoms with E-state index in [0.29, 0.717) is 17.9 Å². The van der Waals surface area contributed by atoms with Crippen LogP contribution in [0.1, 0.15) is 42.2 Å². The van der Waals surface area contributed by atoms with Crippen LogP contribution >= 0.6 is 11.3 Å². The molecule has 2 amide bonds. The summed E-state index contributed by atoms with van der Waals surface area (Å²) in [5.41, 5.74) is 1.82. The summed E-state index contributed by atoms with van der Waals surface area (Å²) in [5, 5.41) is 8.22. The Morgan fingerprint density at radius 1 is 1.23 bits per heavy atom. The van der Waals surface area contributed by atoms with Gasteiger partial charge in [-0.2, -0.15) is 5.10 Å². The first-order valence-electron chi connectivity index (χ1n) is 10.2. The highest BCUT2D eigenvalue weighted by Crippen LogP contribution is 2.39. The van der Waals surface area contributed by atoms with E-state index in [-0.39, 0.29) is 37.1 Å². The molecule has 0 spiro atoms. The lowest BCUT2D eigenvalue weighted by atomic mass is 9.84. The van der Waals surface area contributed by atoms with Crippen LogP contribution in [0, 0.1) is 5.92 Å². The molecule has 5 rings (SSSR count). The van der Waals surface area contributed by atoms with Gasteiger partial charge in [0.2, 0.25) is 12.7 Å². The van der Waals surface area contributed by atoms with E-state index in [1.165, 1.54) is 5.01 Å². The van der Waals surface area contributed by atoms with Gasteiger partial charge < -0.3 is 14.4 Å². The lowest BCUT2D eigenvalue weighted by Gasteiger charge is -2.30. The fraction of sp³-hybridized carbons (Fsp3) is 0.409. The van der Waals surface area contributed by atoms with Gasteiger partial charge in [0.15, 0.2) is 11.5 Å². The first-order chi connectivity index (χ1) is 14.6. The topological polar surface area (TPSA) is 71.4 Å². The molecule has 1 atom stereocenters. The monoisotopic (exact) mass is 425 g/mol. The van der Waals surface area contributed by atoms with E-state index in [0.717, 1.165) is 35.4 Å². The van der Waals surface area contributed by atoms with Gasteiger partial charge in [-0.1, -0.05) is 18.6 Å². The van der Waals surface area contributed by atoms with Crippen molar-refractivity contribution in [2.45, 2.75) is 31.7 Å². The predicted molar refractivity (Wildman–Crippen MR) is 113 cm³/mol. The van der Waals surface area contributed by atoms with Gasteiger partial charge in [0, 0.05) is 19.4 Å². The number of hydrazone groups is 1. The minimum Gasteiger partial charge on any atom is -0.454 e. The second-order valence-electron chi connectivity index (χ2n) is 7.92. The van der Waals surface area contributed by atoms with Crippen LogP contribution in [0.15, 0.2) is 40.8 Å². The molecule has 7 nitrogen and oxygen atoms in total.